The lowest BCUT2D eigenvalue weighted by atomic mass is 9.85. The van der Waals surface area contributed by atoms with E-state index < -0.39 is 69.8 Å². The maximum Gasteiger partial charge on any atom is 0.410 e. The van der Waals surface area contributed by atoms with Gasteiger partial charge in [0.05, 0.1) is 13.2 Å². The number of ether oxygens (including phenoxy) is 2. The van der Waals surface area contributed by atoms with Gasteiger partial charge < -0.3 is 25.0 Å². The fourth-order valence-electron chi connectivity index (χ4n) is 8.03. The Hall–Kier alpha value is -3.92. The van der Waals surface area contributed by atoms with E-state index in [0.29, 0.717) is 25.9 Å². The molecule has 3 fully saturated rings. The quantitative estimate of drug-likeness (QED) is 0.320. The number of rotatable bonds is 7. The maximum absolute atomic E-state index is 14.5. The van der Waals surface area contributed by atoms with Crippen molar-refractivity contribution >= 4 is 40.1 Å². The second-order valence-electron chi connectivity index (χ2n) is 17.4. The van der Waals surface area contributed by atoms with Gasteiger partial charge >= 0.3 is 22.4 Å². The zero-order chi connectivity index (χ0) is 40.1. The van der Waals surface area contributed by atoms with Crippen molar-refractivity contribution < 1.29 is 41.9 Å². The van der Waals surface area contributed by atoms with Crippen LogP contribution in [0.5, 0.6) is 0 Å². The summed E-state index contributed by atoms with van der Waals surface area (Å²) in [6, 6.07) is -3.69. The number of nitrogens with zero attached hydrogens (tertiary/aromatic N) is 3. The van der Waals surface area contributed by atoms with Crippen LogP contribution in [0.15, 0.2) is 35.5 Å². The van der Waals surface area contributed by atoms with Crippen molar-refractivity contribution in [3.8, 4) is 0 Å². The Balaban J connectivity index is 1.41. The van der Waals surface area contributed by atoms with Gasteiger partial charge in [-0.3, -0.25) is 19.3 Å². The minimum absolute atomic E-state index is 0.0855. The van der Waals surface area contributed by atoms with Gasteiger partial charge in [0.15, 0.2) is 0 Å². The normalized spacial score (nSPS) is 26.6. The van der Waals surface area contributed by atoms with Gasteiger partial charge in [-0.15, -0.1) is 6.58 Å². The molecule has 0 saturated carbocycles. The zero-order valence-corrected chi connectivity index (χ0v) is 33.9. The highest BCUT2D eigenvalue weighted by atomic mass is 32.2. The second-order valence-corrected chi connectivity index (χ2v) is 19.0. The number of piperidine rings is 1. The Bertz CT molecular complexity index is 1680. The van der Waals surface area contributed by atoms with Crippen LogP contribution in [0.1, 0.15) is 105 Å². The number of alkyl carbamates (subject to hydrolysis) is 1. The highest BCUT2D eigenvalue weighted by Crippen LogP contribution is 2.36. The highest BCUT2D eigenvalue weighted by Gasteiger charge is 2.47. The minimum atomic E-state index is -4.16. The van der Waals surface area contributed by atoms with Gasteiger partial charge in [-0.1, -0.05) is 65.2 Å². The van der Waals surface area contributed by atoms with Crippen molar-refractivity contribution in [2.24, 2.45) is 10.8 Å². The molecule has 4 atom stereocenters. The summed E-state index contributed by atoms with van der Waals surface area (Å²) in [5.41, 5.74) is 2.51. The molecule has 16 heteroatoms. The van der Waals surface area contributed by atoms with Crippen LogP contribution in [0.3, 0.4) is 0 Å². The van der Waals surface area contributed by atoms with Gasteiger partial charge in [-0.2, -0.15) is 12.7 Å². The summed E-state index contributed by atoms with van der Waals surface area (Å²) in [6.45, 7) is 14.5. The number of amides is 5. The third-order valence-electron chi connectivity index (χ3n) is 11.2. The van der Waals surface area contributed by atoms with Gasteiger partial charge in [0, 0.05) is 32.6 Å². The number of fused-ring (bicyclic) bond motifs is 3. The van der Waals surface area contributed by atoms with Crippen molar-refractivity contribution in [1.29, 1.82) is 0 Å². The summed E-state index contributed by atoms with van der Waals surface area (Å²) in [5, 5.41) is 5.38. The third-order valence-corrected chi connectivity index (χ3v) is 12.7. The highest BCUT2D eigenvalue weighted by molar-refractivity contribution is 7.87. The van der Waals surface area contributed by atoms with Crippen molar-refractivity contribution in [2.75, 3.05) is 39.3 Å². The molecule has 5 rings (SSSR count). The maximum atomic E-state index is 14.5. The summed E-state index contributed by atoms with van der Waals surface area (Å²) in [6.07, 6.45) is 8.92. The molecule has 5 aliphatic rings. The second kappa shape index (κ2) is 17.5. The largest absolute Gasteiger partial charge is 0.449 e. The van der Waals surface area contributed by atoms with Crippen LogP contribution in [-0.2, 0) is 34.1 Å². The van der Waals surface area contributed by atoms with Crippen molar-refractivity contribution in [1.82, 2.24) is 29.5 Å². The molecule has 0 spiro atoms. The molecule has 5 amide bonds. The van der Waals surface area contributed by atoms with Crippen molar-refractivity contribution in [2.45, 2.75) is 129 Å². The summed E-state index contributed by atoms with van der Waals surface area (Å²) >= 11 is 0. The Labute approximate surface area is 325 Å². The molecule has 306 valence electrons. The fourth-order valence-corrected chi connectivity index (χ4v) is 9.29. The number of hydrogen-bond donors (Lipinski definition) is 3. The Morgan fingerprint density at radius 2 is 1.80 bits per heavy atom. The summed E-state index contributed by atoms with van der Waals surface area (Å²) < 4.78 is 41.1. The molecule has 0 aromatic heterocycles. The number of carbonyl (C=O) groups excluding carboxylic acids is 5. The zero-order valence-electron chi connectivity index (χ0n) is 33.1. The van der Waals surface area contributed by atoms with E-state index in [4.69, 9.17) is 9.47 Å². The van der Waals surface area contributed by atoms with Gasteiger partial charge in [-0.05, 0) is 73.3 Å². The molecule has 1 aliphatic carbocycles. The first-order chi connectivity index (χ1) is 25.9. The number of nitrogens with one attached hydrogen (secondary N) is 3. The molecule has 4 heterocycles. The Morgan fingerprint density at radius 1 is 1.07 bits per heavy atom. The smallest absolute Gasteiger partial charge is 0.410 e. The number of hydrogen-bond acceptors (Lipinski definition) is 9. The van der Waals surface area contributed by atoms with E-state index >= 15 is 0 Å². The minimum Gasteiger partial charge on any atom is -0.449 e. The standard InChI is InChI=1S/C39H60N6O9S/c1-7-14-30(33(46)42-55(51,52)44-19-11-8-12-20-44)40-34(47)31-21-28-23-45(31)35(48)32(38(2,3)4)41-36(49)53-25-39(5,6)18-10-9-15-26-16-13-17-27-22-43(24-29(26)27)37(50)54-28/h7,17,28,30-32H,1,8-16,18-25H2,2-6H3,(H,40,47)(H,41,49)(H,42,46)/t28-,30?,31+,32-/m1/s1. The van der Waals surface area contributed by atoms with Crippen LogP contribution in [0.4, 0.5) is 9.59 Å². The van der Waals surface area contributed by atoms with E-state index in [1.165, 1.54) is 26.4 Å². The molecule has 0 aromatic rings. The van der Waals surface area contributed by atoms with Gasteiger partial charge in [-0.25, -0.2) is 14.3 Å². The predicted molar refractivity (Wildman–Crippen MR) is 206 cm³/mol. The van der Waals surface area contributed by atoms with Gasteiger partial charge in [0.1, 0.15) is 24.2 Å². The van der Waals surface area contributed by atoms with Crippen LogP contribution < -0.4 is 15.4 Å². The van der Waals surface area contributed by atoms with E-state index in [0.717, 1.165) is 50.5 Å². The molecule has 4 aliphatic heterocycles. The molecule has 1 unspecified atom stereocenters. The van der Waals surface area contributed by atoms with Crippen molar-refractivity contribution in [3.63, 3.8) is 0 Å². The van der Waals surface area contributed by atoms with Gasteiger partial charge in [0.25, 0.3) is 5.91 Å². The van der Waals surface area contributed by atoms with E-state index in [1.807, 2.05) is 13.8 Å². The molecule has 0 radical (unpaired) electrons. The lowest BCUT2D eigenvalue weighted by Crippen LogP contribution is -2.59. The van der Waals surface area contributed by atoms with E-state index in [-0.39, 0.29) is 44.5 Å². The van der Waals surface area contributed by atoms with Crippen LogP contribution in [0.25, 0.3) is 0 Å². The van der Waals surface area contributed by atoms with Crippen LogP contribution in [0, 0.1) is 10.8 Å². The number of cyclic esters (lactones) is 1. The van der Waals surface area contributed by atoms with Crippen molar-refractivity contribution in [3.05, 3.63) is 35.5 Å². The molecule has 55 heavy (non-hydrogen) atoms. The molecule has 3 saturated heterocycles. The molecular formula is C39H60N6O9S. The first-order valence-corrected chi connectivity index (χ1v) is 21.1. The Morgan fingerprint density at radius 3 is 2.49 bits per heavy atom. The van der Waals surface area contributed by atoms with Crippen LogP contribution in [0.2, 0.25) is 0 Å². The SMILES string of the molecule is C=CCC(NC(=O)[C@@H]1C[C@@H]2CN1C(=O)[C@H](C(C)(C)C)NC(=O)OCC(C)(C)CCCCC1=C3CN(CC3=CCC1)C(=O)O2)C(=O)NS(=O)(=O)N1CCCCC1. The van der Waals surface area contributed by atoms with E-state index in [9.17, 15) is 32.4 Å². The Kier molecular flexibility index (Phi) is 13.4. The molecule has 4 bridgehead atoms. The number of carbonyl (C=O) groups is 5. The average molecular weight is 789 g/mol. The van der Waals surface area contributed by atoms with E-state index in [2.05, 4.69) is 28.0 Å². The summed E-state index contributed by atoms with van der Waals surface area (Å²) in [7, 11) is -4.16. The van der Waals surface area contributed by atoms with Crippen LogP contribution in [-0.4, -0.2) is 116 Å². The predicted octanol–water partition coefficient (Wildman–Crippen LogP) is 4.07. The number of allylic oxidation sites excluding steroid dienone is 2. The summed E-state index contributed by atoms with van der Waals surface area (Å²) in [5.74, 6) is -2.28. The average Bonchev–Trinajstić information content (AvgIpc) is 3.76. The first-order valence-electron chi connectivity index (χ1n) is 19.7. The van der Waals surface area contributed by atoms with E-state index in [1.54, 1.807) is 25.7 Å². The first kappa shape index (κ1) is 42.2. The molecule has 3 N–H and O–H groups in total. The van der Waals surface area contributed by atoms with Crippen LogP contribution >= 0.6 is 0 Å². The summed E-state index contributed by atoms with van der Waals surface area (Å²) in [4.78, 5) is 71.9. The topological polar surface area (TPSA) is 184 Å². The molecular weight excluding hydrogens is 729 g/mol. The lowest BCUT2D eigenvalue weighted by Gasteiger charge is -2.35. The lowest BCUT2D eigenvalue weighted by molar-refractivity contribution is -0.142. The fraction of sp³-hybridized carbons (Fsp3) is 0.718. The monoisotopic (exact) mass is 788 g/mol. The van der Waals surface area contributed by atoms with Gasteiger partial charge in [0.2, 0.25) is 11.8 Å². The third kappa shape index (κ3) is 10.7. The molecule has 15 nitrogen and oxygen atoms in total. The molecule has 0 aromatic carbocycles.